The van der Waals surface area contributed by atoms with Gasteiger partial charge >= 0.3 is 0 Å². The normalized spacial score (nSPS) is 24.3. The molecule has 0 radical (unpaired) electrons. The Morgan fingerprint density at radius 1 is 1.26 bits per heavy atom. The second-order valence-corrected chi connectivity index (χ2v) is 7.14. The lowest BCUT2D eigenvalue weighted by Crippen LogP contribution is -2.52. The van der Waals surface area contributed by atoms with Crippen LogP contribution in [0.4, 0.5) is 0 Å². The quantitative estimate of drug-likeness (QED) is 0.844. The molecule has 1 N–H and O–H groups in total. The zero-order valence-electron chi connectivity index (χ0n) is 13.7. The number of amides is 1. The van der Waals surface area contributed by atoms with Crippen LogP contribution < -0.4 is 5.32 Å². The smallest absolute Gasteiger partial charge is 0.239 e. The maximum absolute atomic E-state index is 12.0. The molecule has 1 rings (SSSR count). The van der Waals surface area contributed by atoms with Gasteiger partial charge in [0.05, 0.1) is 6.04 Å². The van der Waals surface area contributed by atoms with Gasteiger partial charge in [0.2, 0.25) is 5.91 Å². The SMILES string of the molecule is CC(C)N(CC1CCC(C(=O)N(C)C)N1)C(C)(C)C. The van der Waals surface area contributed by atoms with E-state index in [1.165, 1.54) is 0 Å². The lowest BCUT2D eigenvalue weighted by Gasteiger charge is -2.40. The lowest BCUT2D eigenvalue weighted by molar-refractivity contribution is -0.130. The van der Waals surface area contributed by atoms with Crippen LogP contribution in [0.1, 0.15) is 47.5 Å². The summed E-state index contributed by atoms with van der Waals surface area (Å²) in [7, 11) is 3.65. The van der Waals surface area contributed by atoms with Crippen LogP contribution in [0.3, 0.4) is 0 Å². The number of carbonyl (C=O) groups is 1. The maximum atomic E-state index is 12.0. The predicted molar refractivity (Wildman–Crippen MR) is 80.2 cm³/mol. The maximum Gasteiger partial charge on any atom is 0.239 e. The Bertz CT molecular complexity index is 307. The van der Waals surface area contributed by atoms with E-state index in [0.29, 0.717) is 12.1 Å². The van der Waals surface area contributed by atoms with E-state index in [1.807, 2.05) is 14.1 Å². The van der Waals surface area contributed by atoms with Gasteiger partial charge in [-0.3, -0.25) is 9.69 Å². The van der Waals surface area contributed by atoms with E-state index in [1.54, 1.807) is 4.90 Å². The van der Waals surface area contributed by atoms with Gasteiger partial charge in [0.1, 0.15) is 0 Å². The largest absolute Gasteiger partial charge is 0.347 e. The van der Waals surface area contributed by atoms with Crippen molar-refractivity contribution in [2.45, 2.75) is 71.1 Å². The van der Waals surface area contributed by atoms with Crippen molar-refractivity contribution in [3.8, 4) is 0 Å². The van der Waals surface area contributed by atoms with Crippen LogP contribution >= 0.6 is 0 Å². The Labute approximate surface area is 118 Å². The molecule has 0 aromatic heterocycles. The predicted octanol–water partition coefficient (Wildman–Crippen LogP) is 1.70. The number of likely N-dealkylation sites (N-methyl/N-ethyl adjacent to an activating group) is 1. The van der Waals surface area contributed by atoms with E-state index in [9.17, 15) is 4.79 Å². The van der Waals surface area contributed by atoms with Crippen molar-refractivity contribution < 1.29 is 4.79 Å². The molecule has 0 aromatic carbocycles. The van der Waals surface area contributed by atoms with E-state index in [4.69, 9.17) is 0 Å². The monoisotopic (exact) mass is 269 g/mol. The molecule has 1 saturated heterocycles. The van der Waals surface area contributed by atoms with Gasteiger partial charge in [-0.05, 0) is 47.5 Å². The van der Waals surface area contributed by atoms with Crippen LogP contribution in [0.15, 0.2) is 0 Å². The number of carbonyl (C=O) groups excluding carboxylic acids is 1. The fraction of sp³-hybridized carbons (Fsp3) is 0.933. The average molecular weight is 269 g/mol. The molecule has 1 aliphatic heterocycles. The Hall–Kier alpha value is -0.610. The highest BCUT2D eigenvalue weighted by Crippen LogP contribution is 2.21. The summed E-state index contributed by atoms with van der Waals surface area (Å²) in [6, 6.07) is 0.954. The average Bonchev–Trinajstić information content (AvgIpc) is 2.70. The highest BCUT2D eigenvalue weighted by atomic mass is 16.2. The number of nitrogens with zero attached hydrogens (tertiary/aromatic N) is 2. The molecule has 1 aliphatic rings. The standard InChI is InChI=1S/C15H31N3O/c1-11(2)18(15(3,4)5)10-12-8-9-13(16-12)14(19)17(6)7/h11-13,16H,8-10H2,1-7H3. The van der Waals surface area contributed by atoms with Crippen LogP contribution in [0, 0.1) is 0 Å². The molecule has 19 heavy (non-hydrogen) atoms. The van der Waals surface area contributed by atoms with Crippen LogP contribution in [0.5, 0.6) is 0 Å². The van der Waals surface area contributed by atoms with Crippen molar-refractivity contribution >= 4 is 5.91 Å². The van der Waals surface area contributed by atoms with Crippen molar-refractivity contribution in [3.05, 3.63) is 0 Å². The topological polar surface area (TPSA) is 35.6 Å². The third-order valence-electron chi connectivity index (χ3n) is 3.88. The molecule has 1 amide bonds. The number of nitrogens with one attached hydrogen (secondary N) is 1. The molecular formula is C15H31N3O. The summed E-state index contributed by atoms with van der Waals surface area (Å²) in [6.07, 6.45) is 2.04. The second-order valence-electron chi connectivity index (χ2n) is 7.14. The number of hydrogen-bond acceptors (Lipinski definition) is 3. The van der Waals surface area contributed by atoms with Gasteiger partial charge in [-0.15, -0.1) is 0 Å². The van der Waals surface area contributed by atoms with Crippen molar-refractivity contribution in [1.82, 2.24) is 15.1 Å². The van der Waals surface area contributed by atoms with Gasteiger partial charge < -0.3 is 10.2 Å². The first-order valence-corrected chi connectivity index (χ1v) is 7.37. The first-order chi connectivity index (χ1) is 8.62. The molecule has 4 heteroatoms. The Morgan fingerprint density at radius 2 is 1.84 bits per heavy atom. The summed E-state index contributed by atoms with van der Waals surface area (Å²) in [6.45, 7) is 12.3. The first kappa shape index (κ1) is 16.4. The van der Waals surface area contributed by atoms with Crippen LogP contribution in [0.25, 0.3) is 0 Å². The van der Waals surface area contributed by atoms with E-state index < -0.39 is 0 Å². The minimum absolute atomic E-state index is 0.00832. The second kappa shape index (κ2) is 6.23. The van der Waals surface area contributed by atoms with E-state index in [-0.39, 0.29) is 17.5 Å². The fourth-order valence-corrected chi connectivity index (χ4v) is 2.97. The van der Waals surface area contributed by atoms with E-state index >= 15 is 0 Å². The number of hydrogen-bond donors (Lipinski definition) is 1. The summed E-state index contributed by atoms with van der Waals surface area (Å²) >= 11 is 0. The van der Waals surface area contributed by atoms with Crippen molar-refractivity contribution in [3.63, 3.8) is 0 Å². The summed E-state index contributed by atoms with van der Waals surface area (Å²) in [5, 5.41) is 3.50. The van der Waals surface area contributed by atoms with Gasteiger partial charge in [0.25, 0.3) is 0 Å². The minimum atomic E-state index is 0.00832. The zero-order valence-corrected chi connectivity index (χ0v) is 13.7. The molecule has 2 unspecified atom stereocenters. The lowest BCUT2D eigenvalue weighted by atomic mass is 10.0. The van der Waals surface area contributed by atoms with Gasteiger partial charge in [-0.2, -0.15) is 0 Å². The molecule has 112 valence electrons. The van der Waals surface area contributed by atoms with E-state index in [0.717, 1.165) is 19.4 Å². The first-order valence-electron chi connectivity index (χ1n) is 7.37. The van der Waals surface area contributed by atoms with Crippen molar-refractivity contribution in [1.29, 1.82) is 0 Å². The molecule has 1 heterocycles. The molecule has 0 saturated carbocycles. The molecule has 0 spiro atoms. The minimum Gasteiger partial charge on any atom is -0.347 e. The summed E-state index contributed by atoms with van der Waals surface area (Å²) < 4.78 is 0. The van der Waals surface area contributed by atoms with Crippen LogP contribution in [-0.4, -0.2) is 60.0 Å². The molecule has 0 bridgehead atoms. The molecule has 0 aliphatic carbocycles. The van der Waals surface area contributed by atoms with Crippen LogP contribution in [0.2, 0.25) is 0 Å². The van der Waals surface area contributed by atoms with Gasteiger partial charge in [0, 0.05) is 38.3 Å². The van der Waals surface area contributed by atoms with E-state index in [2.05, 4.69) is 44.8 Å². The summed E-state index contributed by atoms with van der Waals surface area (Å²) in [5.41, 5.74) is 0.166. The molecule has 2 atom stereocenters. The number of rotatable bonds is 4. The Balaban J connectivity index is 2.58. The third kappa shape index (κ3) is 4.46. The molecule has 4 nitrogen and oxygen atoms in total. The zero-order chi connectivity index (χ0) is 14.8. The van der Waals surface area contributed by atoms with Crippen molar-refractivity contribution in [2.24, 2.45) is 0 Å². The Morgan fingerprint density at radius 3 is 2.26 bits per heavy atom. The molecule has 0 aromatic rings. The summed E-state index contributed by atoms with van der Waals surface area (Å²) in [5.74, 6) is 0.203. The highest BCUT2D eigenvalue weighted by molar-refractivity contribution is 5.81. The van der Waals surface area contributed by atoms with Gasteiger partial charge in [-0.1, -0.05) is 0 Å². The van der Waals surface area contributed by atoms with Crippen molar-refractivity contribution in [2.75, 3.05) is 20.6 Å². The molecular weight excluding hydrogens is 238 g/mol. The van der Waals surface area contributed by atoms with Crippen LogP contribution in [-0.2, 0) is 4.79 Å². The summed E-state index contributed by atoms with van der Waals surface area (Å²) in [4.78, 5) is 16.1. The fourth-order valence-electron chi connectivity index (χ4n) is 2.97. The van der Waals surface area contributed by atoms with Gasteiger partial charge in [-0.25, -0.2) is 0 Å². The third-order valence-corrected chi connectivity index (χ3v) is 3.88. The Kier molecular flexibility index (Phi) is 5.39. The highest BCUT2D eigenvalue weighted by Gasteiger charge is 2.33. The van der Waals surface area contributed by atoms with Gasteiger partial charge in [0.15, 0.2) is 0 Å². The molecule has 1 fully saturated rings.